The van der Waals surface area contributed by atoms with Crippen LogP contribution < -0.4 is 26.2 Å². The summed E-state index contributed by atoms with van der Waals surface area (Å²) in [5.74, 6) is 0.00295. The van der Waals surface area contributed by atoms with E-state index in [0.717, 1.165) is 28.1 Å². The number of aryl methyl sites for hydroxylation is 3. The van der Waals surface area contributed by atoms with Crippen molar-refractivity contribution in [3.8, 4) is 5.88 Å². The van der Waals surface area contributed by atoms with Crippen molar-refractivity contribution in [2.45, 2.75) is 52.1 Å². The monoisotopic (exact) mass is 594 g/mol. The summed E-state index contributed by atoms with van der Waals surface area (Å²) in [6, 6.07) is 21.5. The number of hydrogen-bond donors (Lipinski definition) is 3. The molecule has 3 heterocycles. The first-order valence-electron chi connectivity index (χ1n) is 14.9. The maximum Gasteiger partial charge on any atom is 0.294 e. The Labute approximate surface area is 256 Å². The molecule has 10 heteroatoms. The summed E-state index contributed by atoms with van der Waals surface area (Å²) in [4.78, 5) is 48.0. The lowest BCUT2D eigenvalue weighted by Gasteiger charge is -2.20. The van der Waals surface area contributed by atoms with Crippen LogP contribution in [0.15, 0.2) is 77.7 Å². The zero-order chi connectivity index (χ0) is 31.1. The average molecular weight is 595 g/mol. The summed E-state index contributed by atoms with van der Waals surface area (Å²) in [5.41, 5.74) is 4.97. The maximum atomic E-state index is 13.7. The molecule has 0 spiro atoms. The van der Waals surface area contributed by atoms with Gasteiger partial charge in [0.1, 0.15) is 6.04 Å². The van der Waals surface area contributed by atoms with Crippen LogP contribution >= 0.6 is 0 Å². The Bertz CT molecular complexity index is 1630. The molecule has 1 aliphatic heterocycles. The SMILES string of the molecule is CCNC(=O)COc1nc(C)cc(C)c1CNC(=O)[C@@H]1CCc2cnc(NCC(c3ccccc3)c3ccccc3)c(=O)n21. The Hall–Kier alpha value is -4.99. The number of carbonyl (C=O) groups excluding carboxylic acids is 2. The normalized spacial score (nSPS) is 13.8. The van der Waals surface area contributed by atoms with Crippen molar-refractivity contribution in [1.82, 2.24) is 25.2 Å². The van der Waals surface area contributed by atoms with Gasteiger partial charge in [-0.2, -0.15) is 0 Å². The minimum absolute atomic E-state index is 0.00627. The lowest BCUT2D eigenvalue weighted by atomic mass is 9.91. The van der Waals surface area contributed by atoms with Crippen LogP contribution in [-0.4, -0.2) is 46.0 Å². The van der Waals surface area contributed by atoms with Gasteiger partial charge in [-0.3, -0.25) is 19.0 Å². The molecule has 1 atom stereocenters. The Morgan fingerprint density at radius 1 is 1.02 bits per heavy atom. The molecule has 10 nitrogen and oxygen atoms in total. The fourth-order valence-corrected chi connectivity index (χ4v) is 5.65. The number of nitrogens with zero attached hydrogens (tertiary/aromatic N) is 3. The molecule has 44 heavy (non-hydrogen) atoms. The first kappa shape index (κ1) is 30.5. The highest BCUT2D eigenvalue weighted by Gasteiger charge is 2.31. The second-order valence-corrected chi connectivity index (χ2v) is 10.9. The molecule has 0 bridgehead atoms. The standard InChI is InChI=1S/C34H38N6O4/c1-4-35-30(41)21-44-33-27(22(2)17-23(3)39-33)19-38-32(42)29-16-15-26-18-36-31(34(43)40(26)29)37-20-28(24-11-7-5-8-12-24)25-13-9-6-10-14-25/h5-14,17-18,28-29H,4,15-16,19-21H2,1-3H3,(H,35,41)(H,36,37)(H,38,42)/t29-/m0/s1. The largest absolute Gasteiger partial charge is 0.467 e. The molecule has 0 radical (unpaired) electrons. The third-order valence-corrected chi connectivity index (χ3v) is 7.83. The second kappa shape index (κ2) is 14.0. The van der Waals surface area contributed by atoms with Gasteiger partial charge in [0.05, 0.1) is 0 Å². The van der Waals surface area contributed by atoms with Gasteiger partial charge in [-0.15, -0.1) is 0 Å². The molecule has 3 N–H and O–H groups in total. The van der Waals surface area contributed by atoms with Crippen molar-refractivity contribution >= 4 is 17.6 Å². The molecule has 0 fully saturated rings. The van der Waals surface area contributed by atoms with Gasteiger partial charge in [-0.25, -0.2) is 9.97 Å². The summed E-state index contributed by atoms with van der Waals surface area (Å²) in [7, 11) is 0. The van der Waals surface area contributed by atoms with Gasteiger partial charge in [0, 0.05) is 48.7 Å². The predicted molar refractivity (Wildman–Crippen MR) is 169 cm³/mol. The molecule has 0 unspecified atom stereocenters. The van der Waals surface area contributed by atoms with Crippen LogP contribution in [0.5, 0.6) is 5.88 Å². The van der Waals surface area contributed by atoms with E-state index < -0.39 is 6.04 Å². The van der Waals surface area contributed by atoms with Crippen molar-refractivity contribution in [1.29, 1.82) is 0 Å². The molecule has 1 aliphatic rings. The van der Waals surface area contributed by atoms with Crippen molar-refractivity contribution < 1.29 is 14.3 Å². The molecule has 0 saturated heterocycles. The molecule has 4 aromatic rings. The van der Waals surface area contributed by atoms with E-state index >= 15 is 0 Å². The van der Waals surface area contributed by atoms with Crippen LogP contribution in [0.4, 0.5) is 5.82 Å². The van der Waals surface area contributed by atoms with E-state index in [1.165, 1.54) is 0 Å². The number of aromatic nitrogens is 3. The molecule has 2 aromatic carbocycles. The van der Waals surface area contributed by atoms with Crippen molar-refractivity contribution in [2.75, 3.05) is 25.0 Å². The number of likely N-dealkylation sites (N-methyl/N-ethyl adjacent to an activating group) is 1. The smallest absolute Gasteiger partial charge is 0.294 e. The lowest BCUT2D eigenvalue weighted by Crippen LogP contribution is -2.37. The number of ether oxygens (including phenoxy) is 1. The average Bonchev–Trinajstić information content (AvgIpc) is 3.47. The Morgan fingerprint density at radius 3 is 2.36 bits per heavy atom. The summed E-state index contributed by atoms with van der Waals surface area (Å²) in [6.45, 7) is 6.53. The summed E-state index contributed by atoms with van der Waals surface area (Å²) >= 11 is 0. The highest BCUT2D eigenvalue weighted by Crippen LogP contribution is 2.27. The zero-order valence-corrected chi connectivity index (χ0v) is 25.3. The zero-order valence-electron chi connectivity index (χ0n) is 25.3. The van der Waals surface area contributed by atoms with Crippen LogP contribution in [-0.2, 0) is 22.6 Å². The van der Waals surface area contributed by atoms with Gasteiger partial charge in [0.2, 0.25) is 11.8 Å². The molecule has 2 amide bonds. The minimum atomic E-state index is -0.668. The van der Waals surface area contributed by atoms with Gasteiger partial charge in [-0.1, -0.05) is 60.7 Å². The molecular weight excluding hydrogens is 556 g/mol. The van der Waals surface area contributed by atoms with Crippen molar-refractivity contribution in [3.63, 3.8) is 0 Å². The fourth-order valence-electron chi connectivity index (χ4n) is 5.65. The fraction of sp³-hybridized carbons (Fsp3) is 0.324. The van der Waals surface area contributed by atoms with E-state index in [1.54, 1.807) is 10.8 Å². The molecular formula is C34H38N6O4. The first-order valence-corrected chi connectivity index (χ1v) is 14.9. The van der Waals surface area contributed by atoms with Crippen molar-refractivity contribution in [2.24, 2.45) is 0 Å². The van der Waals surface area contributed by atoms with E-state index in [-0.39, 0.29) is 42.3 Å². The number of carbonyl (C=O) groups is 2. The van der Waals surface area contributed by atoms with Crippen LogP contribution in [0.2, 0.25) is 0 Å². The summed E-state index contributed by atoms with van der Waals surface area (Å²) in [6.07, 6.45) is 2.75. The number of anilines is 1. The summed E-state index contributed by atoms with van der Waals surface area (Å²) in [5, 5.41) is 8.95. The minimum Gasteiger partial charge on any atom is -0.467 e. The number of fused-ring (bicyclic) bond motifs is 1. The van der Waals surface area contributed by atoms with E-state index in [0.29, 0.717) is 37.4 Å². The van der Waals surface area contributed by atoms with Crippen LogP contribution in [0.25, 0.3) is 0 Å². The highest BCUT2D eigenvalue weighted by atomic mass is 16.5. The number of benzene rings is 2. The Morgan fingerprint density at radius 2 is 1.70 bits per heavy atom. The first-order chi connectivity index (χ1) is 21.4. The van der Waals surface area contributed by atoms with Crippen molar-refractivity contribution in [3.05, 3.63) is 117 Å². The van der Waals surface area contributed by atoms with Gasteiger partial charge in [0.15, 0.2) is 12.4 Å². The van der Waals surface area contributed by atoms with Gasteiger partial charge in [-0.05, 0) is 56.4 Å². The van der Waals surface area contributed by atoms with Crippen LogP contribution in [0, 0.1) is 13.8 Å². The molecule has 0 aliphatic carbocycles. The maximum absolute atomic E-state index is 13.7. The Balaban J connectivity index is 1.31. The second-order valence-electron chi connectivity index (χ2n) is 10.9. The van der Waals surface area contributed by atoms with E-state index in [1.807, 2.05) is 63.2 Å². The molecule has 5 rings (SSSR count). The van der Waals surface area contributed by atoms with Crippen LogP contribution in [0.1, 0.15) is 58.9 Å². The topological polar surface area (TPSA) is 127 Å². The summed E-state index contributed by atoms with van der Waals surface area (Å²) < 4.78 is 7.28. The molecule has 2 aromatic heterocycles. The van der Waals surface area contributed by atoms with Gasteiger partial charge < -0.3 is 20.7 Å². The van der Waals surface area contributed by atoms with Gasteiger partial charge >= 0.3 is 0 Å². The molecule has 0 saturated carbocycles. The van der Waals surface area contributed by atoms with E-state index in [4.69, 9.17) is 4.74 Å². The molecule has 228 valence electrons. The third kappa shape index (κ3) is 6.96. The number of rotatable bonds is 12. The number of amides is 2. The van der Waals surface area contributed by atoms with Crippen LogP contribution in [0.3, 0.4) is 0 Å². The quantitative estimate of drug-likeness (QED) is 0.228. The number of pyridine rings is 1. The van der Waals surface area contributed by atoms with Gasteiger partial charge in [0.25, 0.3) is 11.5 Å². The third-order valence-electron chi connectivity index (χ3n) is 7.83. The van der Waals surface area contributed by atoms with E-state index in [2.05, 4.69) is 50.2 Å². The lowest BCUT2D eigenvalue weighted by molar-refractivity contribution is -0.124. The van der Waals surface area contributed by atoms with E-state index in [9.17, 15) is 14.4 Å². The number of hydrogen-bond acceptors (Lipinski definition) is 7. The number of nitrogens with one attached hydrogen (secondary N) is 3. The Kier molecular flexibility index (Phi) is 9.69. The highest BCUT2D eigenvalue weighted by molar-refractivity contribution is 5.81. The predicted octanol–water partition coefficient (Wildman–Crippen LogP) is 3.82.